The van der Waals surface area contributed by atoms with E-state index in [-0.39, 0.29) is 0 Å². The van der Waals surface area contributed by atoms with Gasteiger partial charge >= 0.3 is 0 Å². The Labute approximate surface area is 333 Å². The number of aromatic nitrogens is 5. The van der Waals surface area contributed by atoms with E-state index >= 15 is 0 Å². The minimum absolute atomic E-state index is 0.565. The fourth-order valence-corrected chi connectivity index (χ4v) is 8.94. The molecule has 3 aromatic heterocycles. The number of benzene rings is 9. The molecule has 0 saturated carbocycles. The topological polar surface area (TPSA) is 48.5 Å². The average Bonchev–Trinajstić information content (AvgIpc) is 3.82. The summed E-state index contributed by atoms with van der Waals surface area (Å²) >= 11 is 0. The summed E-state index contributed by atoms with van der Waals surface area (Å²) in [5.41, 5.74) is 9.60. The maximum atomic E-state index is 5.36. The molecule has 0 spiro atoms. The molecule has 0 unspecified atom stereocenters. The molecule has 0 aliphatic rings. The van der Waals surface area contributed by atoms with Crippen LogP contribution in [-0.2, 0) is 0 Å². The molecular formula is C53H33N5. The van der Waals surface area contributed by atoms with E-state index in [1.54, 1.807) is 0 Å². The van der Waals surface area contributed by atoms with Crippen LogP contribution in [0.5, 0.6) is 0 Å². The van der Waals surface area contributed by atoms with Gasteiger partial charge in [-0.05, 0) is 45.5 Å². The number of hydrogen-bond acceptors (Lipinski definition) is 3. The number of nitrogens with zero attached hydrogens (tertiary/aromatic N) is 5. The second-order valence-electron chi connectivity index (χ2n) is 14.8. The fourth-order valence-electron chi connectivity index (χ4n) is 8.94. The van der Waals surface area contributed by atoms with E-state index < -0.39 is 0 Å². The predicted octanol–water partition coefficient (Wildman–Crippen LogP) is 13.4. The minimum atomic E-state index is 0.565. The Hall–Kier alpha value is -7.89. The van der Waals surface area contributed by atoms with Crippen LogP contribution in [0.4, 0.5) is 0 Å². The number of fused-ring (bicyclic) bond motifs is 10. The number of rotatable bonds is 5. The lowest BCUT2D eigenvalue weighted by Gasteiger charge is -2.16. The predicted molar refractivity (Wildman–Crippen MR) is 240 cm³/mol. The molecule has 9 aromatic carbocycles. The molecule has 5 heteroatoms. The van der Waals surface area contributed by atoms with Crippen LogP contribution in [0.3, 0.4) is 0 Å². The first-order valence-electron chi connectivity index (χ1n) is 19.6. The highest BCUT2D eigenvalue weighted by Gasteiger charge is 2.24. The van der Waals surface area contributed by atoms with Crippen molar-refractivity contribution in [3.8, 4) is 45.5 Å². The Bertz CT molecular complexity index is 3550. The van der Waals surface area contributed by atoms with Gasteiger partial charge in [0, 0.05) is 38.1 Å². The third-order valence-electron chi connectivity index (χ3n) is 11.6. The standard InChI is InChI=1S/C53H33N5/c1-3-14-34(15-4-1)35-26-30-39(31-27-35)52-54-51(38-17-5-2-6-18-38)55-53(56-52)58-46-24-12-10-22-42(46)44-33-32-43-41-21-9-11-23-45(41)57(49(43)50(44)58)47-25-13-19-37-29-28-36-16-7-8-20-40(36)48(37)47/h1-33H. The van der Waals surface area contributed by atoms with Crippen LogP contribution in [0.25, 0.3) is 111 Å². The van der Waals surface area contributed by atoms with E-state index in [1.165, 1.54) is 37.9 Å². The zero-order chi connectivity index (χ0) is 38.2. The van der Waals surface area contributed by atoms with Gasteiger partial charge in [-0.2, -0.15) is 9.97 Å². The molecule has 5 nitrogen and oxygen atoms in total. The van der Waals surface area contributed by atoms with Crippen molar-refractivity contribution in [2.24, 2.45) is 0 Å². The Morgan fingerprint density at radius 3 is 1.47 bits per heavy atom. The van der Waals surface area contributed by atoms with Gasteiger partial charge in [-0.15, -0.1) is 0 Å². The van der Waals surface area contributed by atoms with Gasteiger partial charge in [0.25, 0.3) is 0 Å². The molecule has 0 atom stereocenters. The lowest BCUT2D eigenvalue weighted by atomic mass is 10.0. The van der Waals surface area contributed by atoms with E-state index in [1.807, 2.05) is 24.3 Å². The molecule has 12 aromatic rings. The molecule has 3 heterocycles. The summed E-state index contributed by atoms with van der Waals surface area (Å²) in [4.78, 5) is 15.8. The van der Waals surface area contributed by atoms with Crippen LogP contribution in [0, 0.1) is 0 Å². The first kappa shape index (κ1) is 32.4. The van der Waals surface area contributed by atoms with Gasteiger partial charge < -0.3 is 4.57 Å². The van der Waals surface area contributed by atoms with E-state index in [0.29, 0.717) is 17.6 Å². The van der Waals surface area contributed by atoms with E-state index in [2.05, 4.69) is 185 Å². The molecule has 58 heavy (non-hydrogen) atoms. The molecule has 270 valence electrons. The van der Waals surface area contributed by atoms with E-state index in [0.717, 1.165) is 55.2 Å². The Morgan fingerprint density at radius 2 is 0.776 bits per heavy atom. The highest BCUT2D eigenvalue weighted by atomic mass is 15.2. The first-order chi connectivity index (χ1) is 28.8. The van der Waals surface area contributed by atoms with Crippen molar-refractivity contribution < 1.29 is 0 Å². The van der Waals surface area contributed by atoms with E-state index in [4.69, 9.17) is 15.0 Å². The maximum absolute atomic E-state index is 5.36. The smallest absolute Gasteiger partial charge is 0.238 e. The van der Waals surface area contributed by atoms with Gasteiger partial charge in [-0.3, -0.25) is 4.57 Å². The van der Waals surface area contributed by atoms with Crippen molar-refractivity contribution in [2.75, 3.05) is 0 Å². The molecule has 0 aliphatic carbocycles. The average molecular weight is 740 g/mol. The molecule has 0 bridgehead atoms. The summed E-state index contributed by atoms with van der Waals surface area (Å²) in [6.45, 7) is 0. The lowest BCUT2D eigenvalue weighted by Crippen LogP contribution is -2.07. The molecule has 0 N–H and O–H groups in total. The third kappa shape index (κ3) is 4.93. The molecule has 12 rings (SSSR count). The Kier molecular flexibility index (Phi) is 7.16. The summed E-state index contributed by atoms with van der Waals surface area (Å²) in [5.74, 6) is 1.80. The van der Waals surface area contributed by atoms with Crippen molar-refractivity contribution in [1.82, 2.24) is 24.1 Å². The molecular weight excluding hydrogens is 707 g/mol. The van der Waals surface area contributed by atoms with Crippen LogP contribution in [0.15, 0.2) is 200 Å². The highest BCUT2D eigenvalue weighted by Crippen LogP contribution is 2.43. The minimum Gasteiger partial charge on any atom is -0.307 e. The molecule has 0 radical (unpaired) electrons. The van der Waals surface area contributed by atoms with Crippen LogP contribution in [0.2, 0.25) is 0 Å². The van der Waals surface area contributed by atoms with Gasteiger partial charge in [0.1, 0.15) is 0 Å². The highest BCUT2D eigenvalue weighted by molar-refractivity contribution is 6.24. The third-order valence-corrected chi connectivity index (χ3v) is 11.6. The summed E-state index contributed by atoms with van der Waals surface area (Å²) in [6.07, 6.45) is 0. The lowest BCUT2D eigenvalue weighted by molar-refractivity contribution is 0.953. The quantitative estimate of drug-likeness (QED) is 0.165. The summed E-state index contributed by atoms with van der Waals surface area (Å²) in [5, 5.41) is 9.47. The largest absolute Gasteiger partial charge is 0.307 e. The van der Waals surface area contributed by atoms with Crippen LogP contribution in [0.1, 0.15) is 0 Å². The van der Waals surface area contributed by atoms with Gasteiger partial charge in [-0.1, -0.05) is 182 Å². The van der Waals surface area contributed by atoms with Crippen molar-refractivity contribution >= 4 is 65.2 Å². The van der Waals surface area contributed by atoms with Gasteiger partial charge in [0.05, 0.1) is 27.8 Å². The zero-order valence-electron chi connectivity index (χ0n) is 31.3. The fraction of sp³-hybridized carbons (Fsp3) is 0. The zero-order valence-corrected chi connectivity index (χ0v) is 31.3. The van der Waals surface area contributed by atoms with Gasteiger partial charge in [-0.25, -0.2) is 4.98 Å². The normalized spacial score (nSPS) is 11.8. The molecule has 0 fully saturated rings. The van der Waals surface area contributed by atoms with Crippen LogP contribution in [-0.4, -0.2) is 24.1 Å². The van der Waals surface area contributed by atoms with Crippen molar-refractivity contribution in [3.05, 3.63) is 200 Å². The van der Waals surface area contributed by atoms with Crippen molar-refractivity contribution in [3.63, 3.8) is 0 Å². The summed E-state index contributed by atoms with van der Waals surface area (Å²) < 4.78 is 4.74. The second kappa shape index (κ2) is 12.8. The molecule has 0 aliphatic heterocycles. The van der Waals surface area contributed by atoms with Crippen LogP contribution >= 0.6 is 0 Å². The molecule has 0 amide bonds. The maximum Gasteiger partial charge on any atom is 0.238 e. The second-order valence-corrected chi connectivity index (χ2v) is 14.8. The molecule has 0 saturated heterocycles. The number of hydrogen-bond donors (Lipinski definition) is 0. The van der Waals surface area contributed by atoms with Crippen LogP contribution < -0.4 is 0 Å². The van der Waals surface area contributed by atoms with Crippen molar-refractivity contribution in [1.29, 1.82) is 0 Å². The first-order valence-corrected chi connectivity index (χ1v) is 19.6. The van der Waals surface area contributed by atoms with E-state index in [9.17, 15) is 0 Å². The number of para-hydroxylation sites is 2. The summed E-state index contributed by atoms with van der Waals surface area (Å²) in [7, 11) is 0. The SMILES string of the molecule is c1ccc(-c2ccc(-c3nc(-c4ccccc4)nc(-n4c5ccccc5c5ccc6c7ccccc7n(-c7cccc8ccc9ccccc9c78)c6c54)n3)cc2)cc1. The van der Waals surface area contributed by atoms with Crippen molar-refractivity contribution in [2.45, 2.75) is 0 Å². The van der Waals surface area contributed by atoms with Gasteiger partial charge in [0.2, 0.25) is 5.95 Å². The Balaban J connectivity index is 1.21. The summed E-state index contributed by atoms with van der Waals surface area (Å²) in [6, 6.07) is 70.9. The Morgan fingerprint density at radius 1 is 0.293 bits per heavy atom. The van der Waals surface area contributed by atoms with Gasteiger partial charge in [0.15, 0.2) is 11.6 Å². The monoisotopic (exact) mass is 739 g/mol.